The molecule has 1 aromatic carbocycles. The highest BCUT2D eigenvalue weighted by atomic mass is 16.6. The minimum atomic E-state index is -0.891. The van der Waals surface area contributed by atoms with Crippen LogP contribution in [0.4, 0.5) is 11.4 Å². The van der Waals surface area contributed by atoms with Crippen molar-refractivity contribution in [2.24, 2.45) is 5.41 Å². The lowest BCUT2D eigenvalue weighted by molar-refractivity contribution is -0.384. The fourth-order valence-corrected chi connectivity index (χ4v) is 2.91. The second-order valence-electron chi connectivity index (χ2n) is 5.80. The first-order valence-corrected chi connectivity index (χ1v) is 6.93. The summed E-state index contributed by atoms with van der Waals surface area (Å²) in [7, 11) is 0. The Morgan fingerprint density at radius 1 is 1.45 bits per heavy atom. The van der Waals surface area contributed by atoms with Crippen molar-refractivity contribution in [1.82, 2.24) is 4.98 Å². The topological polar surface area (TPSA) is 96.6 Å². The van der Waals surface area contributed by atoms with Crippen molar-refractivity contribution in [2.45, 2.75) is 13.3 Å². The van der Waals surface area contributed by atoms with E-state index in [1.165, 1.54) is 6.20 Å². The Hall–Kier alpha value is -2.70. The van der Waals surface area contributed by atoms with Crippen molar-refractivity contribution < 1.29 is 14.8 Å². The summed E-state index contributed by atoms with van der Waals surface area (Å²) in [6, 6.07) is 7.18. The molecule has 1 aliphatic rings. The van der Waals surface area contributed by atoms with Crippen molar-refractivity contribution in [2.75, 3.05) is 18.0 Å². The van der Waals surface area contributed by atoms with E-state index in [2.05, 4.69) is 4.98 Å². The Morgan fingerprint density at radius 2 is 2.18 bits per heavy atom. The number of nitro groups is 1. The molecule has 7 heteroatoms. The Balaban J connectivity index is 2.15. The van der Waals surface area contributed by atoms with Crippen LogP contribution in [0.5, 0.6) is 0 Å². The molecule has 0 amide bonds. The number of carboxylic acid groups (broad SMARTS) is 1. The van der Waals surface area contributed by atoms with Crippen LogP contribution >= 0.6 is 0 Å². The van der Waals surface area contributed by atoms with E-state index in [0.29, 0.717) is 29.6 Å². The molecule has 1 fully saturated rings. The number of anilines is 1. The standard InChI is InChI=1S/C15H15N3O4/c1-15(14(19)20)6-7-17(9-15)13-10-4-2-3-5-11(10)16-8-12(13)18(21)22/h2-5,8H,6-7,9H2,1H3,(H,19,20). The summed E-state index contributed by atoms with van der Waals surface area (Å²) < 4.78 is 0. The molecule has 1 unspecified atom stereocenters. The van der Waals surface area contributed by atoms with Crippen molar-refractivity contribution in [3.8, 4) is 0 Å². The van der Waals surface area contributed by atoms with Gasteiger partial charge in [-0.05, 0) is 19.4 Å². The number of aromatic nitrogens is 1. The molecule has 1 aromatic heterocycles. The zero-order valence-corrected chi connectivity index (χ0v) is 12.0. The summed E-state index contributed by atoms with van der Waals surface area (Å²) in [5.41, 5.74) is 0.138. The first-order chi connectivity index (χ1) is 10.4. The van der Waals surface area contributed by atoms with Crippen molar-refractivity contribution in [3.63, 3.8) is 0 Å². The third-order valence-electron chi connectivity index (χ3n) is 4.23. The Labute approximate surface area is 126 Å². The number of rotatable bonds is 3. The number of nitrogens with zero attached hydrogens (tertiary/aromatic N) is 3. The Kier molecular flexibility index (Phi) is 3.20. The monoisotopic (exact) mass is 301 g/mol. The van der Waals surface area contributed by atoms with Gasteiger partial charge in [0.15, 0.2) is 0 Å². The average molecular weight is 301 g/mol. The average Bonchev–Trinajstić information content (AvgIpc) is 2.89. The van der Waals surface area contributed by atoms with Gasteiger partial charge in [0, 0.05) is 18.5 Å². The Bertz CT molecular complexity index is 776. The van der Waals surface area contributed by atoms with Gasteiger partial charge in [0.2, 0.25) is 0 Å². The number of hydrogen-bond donors (Lipinski definition) is 1. The van der Waals surface area contributed by atoms with Gasteiger partial charge in [0.1, 0.15) is 11.9 Å². The zero-order valence-electron chi connectivity index (χ0n) is 12.0. The second kappa shape index (κ2) is 4.94. The second-order valence-corrected chi connectivity index (χ2v) is 5.80. The van der Waals surface area contributed by atoms with E-state index in [9.17, 15) is 20.0 Å². The summed E-state index contributed by atoms with van der Waals surface area (Å²) in [5, 5.41) is 21.4. The van der Waals surface area contributed by atoms with E-state index in [1.54, 1.807) is 30.0 Å². The molecule has 1 N–H and O–H groups in total. The Morgan fingerprint density at radius 3 is 2.82 bits per heavy atom. The van der Waals surface area contributed by atoms with Crippen molar-refractivity contribution >= 4 is 28.2 Å². The van der Waals surface area contributed by atoms with Gasteiger partial charge in [-0.25, -0.2) is 4.98 Å². The molecule has 1 atom stereocenters. The van der Waals surface area contributed by atoms with Crippen LogP contribution in [0.15, 0.2) is 30.5 Å². The molecule has 1 saturated heterocycles. The van der Waals surface area contributed by atoms with E-state index >= 15 is 0 Å². The van der Waals surface area contributed by atoms with Crippen LogP contribution in [0.3, 0.4) is 0 Å². The van der Waals surface area contributed by atoms with E-state index in [-0.39, 0.29) is 12.2 Å². The highest BCUT2D eigenvalue weighted by molar-refractivity contribution is 5.96. The quantitative estimate of drug-likeness (QED) is 0.691. The van der Waals surface area contributed by atoms with Crippen molar-refractivity contribution in [3.05, 3.63) is 40.6 Å². The van der Waals surface area contributed by atoms with Gasteiger partial charge < -0.3 is 10.0 Å². The largest absolute Gasteiger partial charge is 0.481 e. The summed E-state index contributed by atoms with van der Waals surface area (Å²) in [4.78, 5) is 28.2. The van der Waals surface area contributed by atoms with Crippen LogP contribution < -0.4 is 4.90 Å². The van der Waals surface area contributed by atoms with Crippen LogP contribution in [0, 0.1) is 15.5 Å². The lowest BCUT2D eigenvalue weighted by atomic mass is 9.90. The van der Waals surface area contributed by atoms with Crippen LogP contribution in [0.25, 0.3) is 10.9 Å². The van der Waals surface area contributed by atoms with Gasteiger partial charge >= 0.3 is 11.7 Å². The summed E-state index contributed by atoms with van der Waals surface area (Å²) in [6.45, 7) is 2.39. The number of pyridine rings is 1. The molecular formula is C15H15N3O4. The molecule has 0 aliphatic carbocycles. The predicted molar refractivity (Wildman–Crippen MR) is 81.0 cm³/mol. The smallest absolute Gasteiger partial charge is 0.311 e. The molecule has 7 nitrogen and oxygen atoms in total. The molecule has 2 aromatic rings. The molecular weight excluding hydrogens is 286 g/mol. The highest BCUT2D eigenvalue weighted by Gasteiger charge is 2.42. The van der Waals surface area contributed by atoms with E-state index in [0.717, 1.165) is 0 Å². The lowest BCUT2D eigenvalue weighted by Gasteiger charge is -2.22. The van der Waals surface area contributed by atoms with Gasteiger partial charge in [0.05, 0.1) is 15.9 Å². The minimum absolute atomic E-state index is 0.0895. The molecule has 0 radical (unpaired) electrons. The summed E-state index contributed by atoms with van der Waals surface area (Å²) in [5.74, 6) is -0.879. The maximum atomic E-state index is 11.4. The van der Waals surface area contributed by atoms with Gasteiger partial charge in [-0.1, -0.05) is 18.2 Å². The fourth-order valence-electron chi connectivity index (χ4n) is 2.91. The molecule has 1 aliphatic heterocycles. The van der Waals surface area contributed by atoms with Crippen molar-refractivity contribution in [1.29, 1.82) is 0 Å². The van der Waals surface area contributed by atoms with E-state index in [1.807, 2.05) is 6.07 Å². The third kappa shape index (κ3) is 2.14. The number of para-hydroxylation sites is 1. The lowest BCUT2D eigenvalue weighted by Crippen LogP contribution is -2.32. The molecule has 3 rings (SSSR count). The molecule has 114 valence electrons. The normalized spacial score (nSPS) is 21.2. The molecule has 0 spiro atoms. The SMILES string of the molecule is CC1(C(=O)O)CCN(c2c([N+](=O)[O-])cnc3ccccc23)C1. The number of carbonyl (C=O) groups is 1. The first kappa shape index (κ1) is 14.2. The number of fused-ring (bicyclic) bond motifs is 1. The number of carboxylic acids is 1. The van der Waals surface area contributed by atoms with E-state index < -0.39 is 16.3 Å². The fraction of sp³-hybridized carbons (Fsp3) is 0.333. The maximum absolute atomic E-state index is 11.4. The van der Waals surface area contributed by atoms with Gasteiger partial charge in [0.25, 0.3) is 0 Å². The van der Waals surface area contributed by atoms with Gasteiger partial charge in [-0.2, -0.15) is 0 Å². The zero-order chi connectivity index (χ0) is 15.9. The number of benzene rings is 1. The number of hydrogen-bond acceptors (Lipinski definition) is 5. The molecule has 0 bridgehead atoms. The third-order valence-corrected chi connectivity index (χ3v) is 4.23. The van der Waals surface area contributed by atoms with Crippen LogP contribution in [0.2, 0.25) is 0 Å². The first-order valence-electron chi connectivity index (χ1n) is 6.93. The van der Waals surface area contributed by atoms with E-state index in [4.69, 9.17) is 0 Å². The van der Waals surface area contributed by atoms with Crippen LogP contribution in [-0.4, -0.2) is 34.1 Å². The maximum Gasteiger partial charge on any atom is 0.311 e. The van der Waals surface area contributed by atoms with Gasteiger partial charge in [-0.15, -0.1) is 0 Å². The summed E-state index contributed by atoms with van der Waals surface area (Å²) >= 11 is 0. The molecule has 2 heterocycles. The highest BCUT2D eigenvalue weighted by Crippen LogP contribution is 2.40. The summed E-state index contributed by atoms with van der Waals surface area (Å²) in [6.07, 6.45) is 1.70. The molecule has 22 heavy (non-hydrogen) atoms. The van der Waals surface area contributed by atoms with Gasteiger partial charge in [-0.3, -0.25) is 14.9 Å². The molecule has 0 saturated carbocycles. The van der Waals surface area contributed by atoms with Crippen LogP contribution in [-0.2, 0) is 4.79 Å². The van der Waals surface area contributed by atoms with Crippen LogP contribution in [0.1, 0.15) is 13.3 Å². The number of aliphatic carboxylic acids is 1. The minimum Gasteiger partial charge on any atom is -0.481 e. The predicted octanol–water partition coefficient (Wildman–Crippen LogP) is 2.44.